The molecule has 1 amide bonds. The maximum Gasteiger partial charge on any atom is 0.223 e. The Labute approximate surface area is 104 Å². The van der Waals surface area contributed by atoms with Gasteiger partial charge in [-0.3, -0.25) is 4.79 Å². The predicted octanol–water partition coefficient (Wildman–Crippen LogP) is 1.67. The highest BCUT2D eigenvalue weighted by Gasteiger charge is 2.43. The molecule has 0 aromatic carbocycles. The van der Waals surface area contributed by atoms with Crippen molar-refractivity contribution in [2.24, 2.45) is 29.4 Å². The first kappa shape index (κ1) is 11.5. The normalized spacial score (nSPS) is 33.1. The molecular formula is C14H24N2O. The van der Waals surface area contributed by atoms with Crippen molar-refractivity contribution >= 4 is 5.91 Å². The number of carbonyl (C=O) groups is 1. The van der Waals surface area contributed by atoms with Gasteiger partial charge in [0, 0.05) is 12.0 Å². The Balaban J connectivity index is 1.57. The van der Waals surface area contributed by atoms with Crippen molar-refractivity contribution < 1.29 is 4.79 Å². The summed E-state index contributed by atoms with van der Waals surface area (Å²) in [5.74, 6) is 2.55. The predicted molar refractivity (Wildman–Crippen MR) is 67.3 cm³/mol. The molecule has 3 saturated carbocycles. The average molecular weight is 236 g/mol. The van der Waals surface area contributed by atoms with Gasteiger partial charge in [-0.05, 0) is 62.8 Å². The van der Waals surface area contributed by atoms with E-state index in [1.54, 1.807) is 0 Å². The van der Waals surface area contributed by atoms with E-state index >= 15 is 0 Å². The van der Waals surface area contributed by atoms with Gasteiger partial charge < -0.3 is 11.1 Å². The van der Waals surface area contributed by atoms with Gasteiger partial charge in [0.1, 0.15) is 0 Å². The van der Waals surface area contributed by atoms with E-state index < -0.39 is 0 Å². The van der Waals surface area contributed by atoms with E-state index in [-0.39, 0.29) is 5.92 Å². The van der Waals surface area contributed by atoms with Crippen LogP contribution < -0.4 is 11.1 Å². The number of nitrogens with one attached hydrogen (secondary N) is 1. The van der Waals surface area contributed by atoms with Crippen LogP contribution >= 0.6 is 0 Å². The highest BCUT2D eigenvalue weighted by atomic mass is 16.2. The molecule has 0 aliphatic heterocycles. The van der Waals surface area contributed by atoms with E-state index in [4.69, 9.17) is 5.73 Å². The molecule has 0 radical (unpaired) electrons. The smallest absolute Gasteiger partial charge is 0.223 e. The monoisotopic (exact) mass is 236 g/mol. The summed E-state index contributed by atoms with van der Waals surface area (Å²) in [4.78, 5) is 12.3. The molecule has 0 bridgehead atoms. The maximum absolute atomic E-state index is 12.3. The summed E-state index contributed by atoms with van der Waals surface area (Å²) in [6, 6.07) is 0.501. The fourth-order valence-corrected chi connectivity index (χ4v) is 3.47. The van der Waals surface area contributed by atoms with Crippen molar-refractivity contribution in [2.75, 3.05) is 6.54 Å². The van der Waals surface area contributed by atoms with Gasteiger partial charge in [0.05, 0.1) is 0 Å². The Bertz CT molecular complexity index is 285. The van der Waals surface area contributed by atoms with E-state index in [0.717, 1.165) is 24.7 Å². The van der Waals surface area contributed by atoms with Gasteiger partial charge >= 0.3 is 0 Å². The van der Waals surface area contributed by atoms with Crippen LogP contribution in [0.2, 0.25) is 0 Å². The fraction of sp³-hybridized carbons (Fsp3) is 0.929. The van der Waals surface area contributed by atoms with Crippen LogP contribution in [0.25, 0.3) is 0 Å². The Kier molecular flexibility index (Phi) is 3.12. The van der Waals surface area contributed by atoms with E-state index in [2.05, 4.69) is 5.32 Å². The maximum atomic E-state index is 12.3. The molecule has 3 aliphatic carbocycles. The third-order valence-corrected chi connectivity index (χ3v) is 4.87. The molecule has 2 atom stereocenters. The van der Waals surface area contributed by atoms with E-state index in [1.165, 1.54) is 32.1 Å². The molecule has 3 aliphatic rings. The van der Waals surface area contributed by atoms with Crippen LogP contribution in [-0.2, 0) is 4.79 Å². The number of rotatable bonds is 5. The number of nitrogens with two attached hydrogens (primary N) is 1. The number of hydrogen-bond donors (Lipinski definition) is 2. The Morgan fingerprint density at radius 3 is 2.29 bits per heavy atom. The number of hydrogen-bond acceptors (Lipinski definition) is 2. The lowest BCUT2D eigenvalue weighted by molar-refractivity contribution is -0.127. The lowest BCUT2D eigenvalue weighted by atomic mass is 9.94. The second kappa shape index (κ2) is 4.60. The summed E-state index contributed by atoms with van der Waals surface area (Å²) < 4.78 is 0. The second-order valence-electron chi connectivity index (χ2n) is 6.24. The molecule has 0 unspecified atom stereocenters. The first-order valence-corrected chi connectivity index (χ1v) is 7.30. The molecule has 3 N–H and O–H groups in total. The number of carbonyl (C=O) groups excluding carboxylic acids is 1. The molecule has 17 heavy (non-hydrogen) atoms. The van der Waals surface area contributed by atoms with Crippen molar-refractivity contribution in [3.05, 3.63) is 0 Å². The van der Waals surface area contributed by atoms with Gasteiger partial charge in [0.15, 0.2) is 0 Å². The van der Waals surface area contributed by atoms with Gasteiger partial charge in [-0.1, -0.05) is 6.42 Å². The van der Waals surface area contributed by atoms with Gasteiger partial charge in [-0.2, -0.15) is 0 Å². The van der Waals surface area contributed by atoms with Crippen molar-refractivity contribution in [1.29, 1.82) is 0 Å². The van der Waals surface area contributed by atoms with Crippen LogP contribution in [0.3, 0.4) is 0 Å². The van der Waals surface area contributed by atoms with E-state index in [9.17, 15) is 4.79 Å². The Morgan fingerprint density at radius 2 is 1.76 bits per heavy atom. The lowest BCUT2D eigenvalue weighted by Crippen LogP contribution is -2.43. The van der Waals surface area contributed by atoms with Crippen LogP contribution in [0, 0.1) is 23.7 Å². The van der Waals surface area contributed by atoms with Crippen molar-refractivity contribution in [2.45, 2.75) is 51.0 Å². The SMILES string of the molecule is NC[C@H]1CCC[C@H]1C(=O)NC(C1CC1)C1CC1. The third-order valence-electron chi connectivity index (χ3n) is 4.87. The van der Waals surface area contributed by atoms with Crippen molar-refractivity contribution in [3.8, 4) is 0 Å². The summed E-state index contributed by atoms with van der Waals surface area (Å²) in [6.07, 6.45) is 8.68. The molecule has 3 rings (SSSR count). The molecule has 0 saturated heterocycles. The molecule has 0 heterocycles. The minimum atomic E-state index is 0.208. The number of amides is 1. The van der Waals surface area contributed by atoms with Crippen LogP contribution in [-0.4, -0.2) is 18.5 Å². The molecule has 3 nitrogen and oxygen atoms in total. The van der Waals surface area contributed by atoms with Gasteiger partial charge in [0.2, 0.25) is 5.91 Å². The first-order chi connectivity index (χ1) is 8.29. The van der Waals surface area contributed by atoms with Gasteiger partial charge in [0.25, 0.3) is 0 Å². The molecule has 3 heteroatoms. The Hall–Kier alpha value is -0.570. The molecule has 96 valence electrons. The van der Waals surface area contributed by atoms with E-state index in [0.29, 0.717) is 24.4 Å². The summed E-state index contributed by atoms with van der Waals surface area (Å²) >= 11 is 0. The highest BCUT2D eigenvalue weighted by Crippen LogP contribution is 2.45. The molecular weight excluding hydrogens is 212 g/mol. The molecule has 0 spiro atoms. The van der Waals surface area contributed by atoms with Crippen LogP contribution in [0.4, 0.5) is 0 Å². The quantitative estimate of drug-likeness (QED) is 0.763. The molecule has 3 fully saturated rings. The van der Waals surface area contributed by atoms with Crippen molar-refractivity contribution in [1.82, 2.24) is 5.32 Å². The Morgan fingerprint density at radius 1 is 1.12 bits per heavy atom. The summed E-state index contributed by atoms with van der Waals surface area (Å²) in [5.41, 5.74) is 5.76. The zero-order chi connectivity index (χ0) is 11.8. The molecule has 0 aromatic rings. The topological polar surface area (TPSA) is 55.1 Å². The first-order valence-electron chi connectivity index (χ1n) is 7.30. The summed E-state index contributed by atoms with van der Waals surface area (Å²) in [5, 5.41) is 3.35. The second-order valence-corrected chi connectivity index (χ2v) is 6.24. The minimum Gasteiger partial charge on any atom is -0.353 e. The molecule has 0 aromatic heterocycles. The zero-order valence-corrected chi connectivity index (χ0v) is 10.5. The van der Waals surface area contributed by atoms with Crippen molar-refractivity contribution in [3.63, 3.8) is 0 Å². The fourth-order valence-electron chi connectivity index (χ4n) is 3.47. The standard InChI is InChI=1S/C14H24N2O/c15-8-11-2-1-3-12(11)14(17)16-13(9-4-5-9)10-6-7-10/h9-13H,1-8,15H2,(H,16,17)/t11-,12-/m1/s1. The van der Waals surface area contributed by atoms with Crippen LogP contribution in [0.5, 0.6) is 0 Å². The zero-order valence-electron chi connectivity index (χ0n) is 10.5. The van der Waals surface area contributed by atoms with Gasteiger partial charge in [-0.25, -0.2) is 0 Å². The average Bonchev–Trinajstić information content (AvgIpc) is 3.23. The van der Waals surface area contributed by atoms with E-state index in [1.807, 2.05) is 0 Å². The summed E-state index contributed by atoms with van der Waals surface area (Å²) in [6.45, 7) is 0.676. The summed E-state index contributed by atoms with van der Waals surface area (Å²) in [7, 11) is 0. The minimum absolute atomic E-state index is 0.208. The third kappa shape index (κ3) is 2.49. The van der Waals surface area contributed by atoms with Gasteiger partial charge in [-0.15, -0.1) is 0 Å². The van der Waals surface area contributed by atoms with Crippen LogP contribution in [0.15, 0.2) is 0 Å². The van der Waals surface area contributed by atoms with Crippen LogP contribution in [0.1, 0.15) is 44.9 Å². The lowest BCUT2D eigenvalue weighted by Gasteiger charge is -2.23. The highest BCUT2D eigenvalue weighted by molar-refractivity contribution is 5.79. The largest absolute Gasteiger partial charge is 0.353 e.